The number of hydrogen-bond acceptors (Lipinski definition) is 3. The summed E-state index contributed by atoms with van der Waals surface area (Å²) in [4.78, 5) is 24.6. The molecule has 1 aromatic carbocycles. The Morgan fingerprint density at radius 2 is 2.05 bits per heavy atom. The second kappa shape index (κ2) is 6.41. The highest BCUT2D eigenvalue weighted by Gasteiger charge is 2.21. The van der Waals surface area contributed by atoms with Gasteiger partial charge in [-0.25, -0.2) is 4.79 Å². The van der Waals surface area contributed by atoms with Crippen LogP contribution in [0.15, 0.2) is 24.3 Å². The van der Waals surface area contributed by atoms with Crippen LogP contribution in [0.25, 0.3) is 0 Å². The van der Waals surface area contributed by atoms with Crippen molar-refractivity contribution in [2.75, 3.05) is 19.7 Å². The number of amides is 1. The SMILES string of the molecule is CC1CCCN(C(=O)c2ccc(OCC(=O)O)cc2)C1. The number of piperidine rings is 1. The fraction of sp³-hybridized carbons (Fsp3) is 0.467. The van der Waals surface area contributed by atoms with Gasteiger partial charge in [-0.05, 0) is 43.0 Å². The minimum atomic E-state index is -1.02. The summed E-state index contributed by atoms with van der Waals surface area (Å²) in [6.45, 7) is 3.38. The highest BCUT2D eigenvalue weighted by atomic mass is 16.5. The van der Waals surface area contributed by atoms with Gasteiger partial charge in [-0.1, -0.05) is 6.92 Å². The highest BCUT2D eigenvalue weighted by molar-refractivity contribution is 5.94. The molecule has 1 fully saturated rings. The molecule has 1 amide bonds. The first-order chi connectivity index (χ1) is 9.56. The molecule has 0 spiro atoms. The van der Waals surface area contributed by atoms with E-state index < -0.39 is 5.97 Å². The Balaban J connectivity index is 1.98. The summed E-state index contributed by atoms with van der Waals surface area (Å²) < 4.78 is 5.04. The first-order valence-electron chi connectivity index (χ1n) is 6.80. The summed E-state index contributed by atoms with van der Waals surface area (Å²) in [6, 6.07) is 6.62. The van der Waals surface area contributed by atoms with Crippen molar-refractivity contribution in [2.45, 2.75) is 19.8 Å². The summed E-state index contributed by atoms with van der Waals surface area (Å²) in [5.41, 5.74) is 0.613. The zero-order chi connectivity index (χ0) is 14.5. The van der Waals surface area contributed by atoms with Crippen LogP contribution < -0.4 is 4.74 Å². The molecule has 2 rings (SSSR count). The molecule has 5 nitrogen and oxygen atoms in total. The maximum absolute atomic E-state index is 12.3. The van der Waals surface area contributed by atoms with Crippen LogP contribution in [0.4, 0.5) is 0 Å². The lowest BCUT2D eigenvalue weighted by molar-refractivity contribution is -0.139. The monoisotopic (exact) mass is 277 g/mol. The normalized spacial score (nSPS) is 18.6. The van der Waals surface area contributed by atoms with Gasteiger partial charge >= 0.3 is 5.97 Å². The van der Waals surface area contributed by atoms with Gasteiger partial charge in [0.25, 0.3) is 5.91 Å². The molecule has 1 aliphatic rings. The third-order valence-electron chi connectivity index (χ3n) is 3.41. The predicted molar refractivity (Wildman–Crippen MR) is 73.9 cm³/mol. The van der Waals surface area contributed by atoms with Crippen molar-refractivity contribution < 1.29 is 19.4 Å². The fourth-order valence-corrected chi connectivity index (χ4v) is 2.40. The molecule has 0 radical (unpaired) electrons. The van der Waals surface area contributed by atoms with Gasteiger partial charge < -0.3 is 14.7 Å². The lowest BCUT2D eigenvalue weighted by atomic mass is 9.99. The van der Waals surface area contributed by atoms with Crippen molar-refractivity contribution in [1.29, 1.82) is 0 Å². The molecule has 0 aliphatic carbocycles. The molecule has 5 heteroatoms. The van der Waals surface area contributed by atoms with Crippen LogP contribution in [0.2, 0.25) is 0 Å². The van der Waals surface area contributed by atoms with Crippen LogP contribution in [0.1, 0.15) is 30.1 Å². The van der Waals surface area contributed by atoms with Crippen molar-refractivity contribution in [2.24, 2.45) is 5.92 Å². The second-order valence-corrected chi connectivity index (χ2v) is 5.21. The molecule has 1 aliphatic heterocycles. The summed E-state index contributed by atoms with van der Waals surface area (Å²) in [5, 5.41) is 8.53. The van der Waals surface area contributed by atoms with Crippen molar-refractivity contribution >= 4 is 11.9 Å². The van der Waals surface area contributed by atoms with Gasteiger partial charge in [-0.15, -0.1) is 0 Å². The average molecular weight is 277 g/mol. The number of carbonyl (C=O) groups is 2. The maximum atomic E-state index is 12.3. The van der Waals surface area contributed by atoms with E-state index in [0.717, 1.165) is 19.5 Å². The third kappa shape index (κ3) is 3.73. The predicted octanol–water partition coefficient (Wildman–Crippen LogP) is 2.02. The van der Waals surface area contributed by atoms with Crippen molar-refractivity contribution in [1.82, 2.24) is 4.90 Å². The lowest BCUT2D eigenvalue weighted by Crippen LogP contribution is -2.39. The van der Waals surface area contributed by atoms with E-state index in [4.69, 9.17) is 9.84 Å². The number of ether oxygens (including phenoxy) is 1. The molecule has 0 aromatic heterocycles. The minimum absolute atomic E-state index is 0.0290. The average Bonchev–Trinajstić information content (AvgIpc) is 2.45. The number of nitrogens with zero attached hydrogens (tertiary/aromatic N) is 1. The molecule has 1 unspecified atom stereocenters. The van der Waals surface area contributed by atoms with Crippen LogP contribution in [-0.4, -0.2) is 41.6 Å². The highest BCUT2D eigenvalue weighted by Crippen LogP contribution is 2.19. The van der Waals surface area contributed by atoms with Crippen LogP contribution in [0.5, 0.6) is 5.75 Å². The number of carboxylic acid groups (broad SMARTS) is 1. The van der Waals surface area contributed by atoms with Crippen LogP contribution in [-0.2, 0) is 4.79 Å². The van der Waals surface area contributed by atoms with Gasteiger partial charge in [0.15, 0.2) is 6.61 Å². The Morgan fingerprint density at radius 1 is 1.35 bits per heavy atom. The molecular weight excluding hydrogens is 258 g/mol. The van der Waals surface area contributed by atoms with E-state index in [-0.39, 0.29) is 12.5 Å². The maximum Gasteiger partial charge on any atom is 0.341 e. The molecule has 108 valence electrons. The van der Waals surface area contributed by atoms with E-state index in [0.29, 0.717) is 17.2 Å². The number of carbonyl (C=O) groups excluding carboxylic acids is 1. The largest absolute Gasteiger partial charge is 0.482 e. The number of carboxylic acids is 1. The van der Waals surface area contributed by atoms with Crippen molar-refractivity contribution in [3.8, 4) is 5.75 Å². The van der Waals surface area contributed by atoms with Gasteiger partial charge in [-0.2, -0.15) is 0 Å². The molecular formula is C15H19NO4. The van der Waals surface area contributed by atoms with E-state index >= 15 is 0 Å². The fourth-order valence-electron chi connectivity index (χ4n) is 2.40. The molecule has 1 aromatic rings. The zero-order valence-electron chi connectivity index (χ0n) is 11.5. The topological polar surface area (TPSA) is 66.8 Å². The van der Waals surface area contributed by atoms with E-state index in [1.165, 1.54) is 6.42 Å². The molecule has 1 N–H and O–H groups in total. The Morgan fingerprint density at radius 3 is 2.65 bits per heavy atom. The van der Waals surface area contributed by atoms with E-state index in [9.17, 15) is 9.59 Å². The Labute approximate surface area is 118 Å². The molecule has 0 saturated carbocycles. The van der Waals surface area contributed by atoms with E-state index in [1.54, 1.807) is 24.3 Å². The lowest BCUT2D eigenvalue weighted by Gasteiger charge is -2.31. The van der Waals surface area contributed by atoms with Crippen LogP contribution in [0, 0.1) is 5.92 Å². The number of benzene rings is 1. The first kappa shape index (κ1) is 14.4. The van der Waals surface area contributed by atoms with E-state index in [2.05, 4.69) is 6.92 Å². The number of aliphatic carboxylic acids is 1. The number of rotatable bonds is 4. The number of hydrogen-bond donors (Lipinski definition) is 1. The molecule has 20 heavy (non-hydrogen) atoms. The Bertz CT molecular complexity index is 483. The van der Waals surface area contributed by atoms with Crippen LogP contribution >= 0.6 is 0 Å². The standard InChI is InChI=1S/C15H19NO4/c1-11-3-2-8-16(9-11)15(19)12-4-6-13(7-5-12)20-10-14(17)18/h4-7,11H,2-3,8-10H2,1H3,(H,17,18). The van der Waals surface area contributed by atoms with Gasteiger partial charge in [0.2, 0.25) is 0 Å². The summed E-state index contributed by atoms with van der Waals surface area (Å²) in [5.74, 6) is 0.00984. The molecule has 0 bridgehead atoms. The zero-order valence-corrected chi connectivity index (χ0v) is 11.5. The Kier molecular flexibility index (Phi) is 4.61. The summed E-state index contributed by atoms with van der Waals surface area (Å²) >= 11 is 0. The van der Waals surface area contributed by atoms with Gasteiger partial charge in [-0.3, -0.25) is 4.79 Å². The minimum Gasteiger partial charge on any atom is -0.482 e. The third-order valence-corrected chi connectivity index (χ3v) is 3.41. The van der Waals surface area contributed by atoms with Crippen molar-refractivity contribution in [3.05, 3.63) is 29.8 Å². The molecule has 1 atom stereocenters. The van der Waals surface area contributed by atoms with Gasteiger partial charge in [0, 0.05) is 18.7 Å². The first-order valence-corrected chi connectivity index (χ1v) is 6.80. The molecule has 1 heterocycles. The molecule has 1 saturated heterocycles. The van der Waals surface area contributed by atoms with Gasteiger partial charge in [0.05, 0.1) is 0 Å². The number of likely N-dealkylation sites (tertiary alicyclic amines) is 1. The Hall–Kier alpha value is -2.04. The van der Waals surface area contributed by atoms with Crippen LogP contribution in [0.3, 0.4) is 0 Å². The van der Waals surface area contributed by atoms with E-state index in [1.807, 2.05) is 4.90 Å². The summed E-state index contributed by atoms with van der Waals surface area (Å²) in [7, 11) is 0. The smallest absolute Gasteiger partial charge is 0.341 e. The second-order valence-electron chi connectivity index (χ2n) is 5.21. The van der Waals surface area contributed by atoms with Gasteiger partial charge in [0.1, 0.15) is 5.75 Å². The quantitative estimate of drug-likeness (QED) is 0.914. The summed E-state index contributed by atoms with van der Waals surface area (Å²) in [6.07, 6.45) is 2.22. The van der Waals surface area contributed by atoms with Crippen molar-refractivity contribution in [3.63, 3.8) is 0 Å².